The Bertz CT molecular complexity index is 795. The summed E-state index contributed by atoms with van der Waals surface area (Å²) in [5.41, 5.74) is 2.07. The van der Waals surface area contributed by atoms with Crippen LogP contribution in [0, 0.1) is 6.92 Å². The number of ether oxygens (including phenoxy) is 1. The first-order valence-corrected chi connectivity index (χ1v) is 9.27. The van der Waals surface area contributed by atoms with Crippen LogP contribution in [0.15, 0.2) is 48.5 Å². The van der Waals surface area contributed by atoms with Crippen LogP contribution in [0.25, 0.3) is 0 Å². The standard InChI is InChI=1S/C21H25ClN2O3/c1-4-19(21(26)23-3)24(13-16-8-5-7-15(2)11-16)20(25)14-27-18-10-6-9-17(22)12-18/h5-12,19H,4,13-14H2,1-3H3,(H,23,26)/t19-/m1/s1. The van der Waals surface area contributed by atoms with Crippen LogP contribution in [0.3, 0.4) is 0 Å². The lowest BCUT2D eigenvalue weighted by atomic mass is 10.1. The van der Waals surface area contributed by atoms with E-state index in [4.69, 9.17) is 16.3 Å². The number of benzene rings is 2. The highest BCUT2D eigenvalue weighted by Crippen LogP contribution is 2.18. The number of hydrogen-bond acceptors (Lipinski definition) is 3. The van der Waals surface area contributed by atoms with Crippen LogP contribution in [0.5, 0.6) is 5.75 Å². The van der Waals surface area contributed by atoms with Crippen molar-refractivity contribution < 1.29 is 14.3 Å². The fourth-order valence-corrected chi connectivity index (χ4v) is 3.06. The van der Waals surface area contributed by atoms with Crippen molar-refractivity contribution in [3.8, 4) is 5.75 Å². The number of carbonyl (C=O) groups is 2. The van der Waals surface area contributed by atoms with Gasteiger partial charge in [-0.15, -0.1) is 0 Å². The lowest BCUT2D eigenvalue weighted by molar-refractivity contribution is -0.142. The molecule has 0 unspecified atom stereocenters. The Labute approximate surface area is 165 Å². The summed E-state index contributed by atoms with van der Waals surface area (Å²) < 4.78 is 5.59. The summed E-state index contributed by atoms with van der Waals surface area (Å²) in [4.78, 5) is 26.8. The van der Waals surface area contributed by atoms with Crippen LogP contribution in [0.1, 0.15) is 24.5 Å². The second-order valence-corrected chi connectivity index (χ2v) is 6.73. The molecule has 0 bridgehead atoms. The molecule has 6 heteroatoms. The van der Waals surface area contributed by atoms with Crippen molar-refractivity contribution in [3.05, 3.63) is 64.7 Å². The van der Waals surface area contributed by atoms with Gasteiger partial charge in [0.05, 0.1) is 0 Å². The highest BCUT2D eigenvalue weighted by molar-refractivity contribution is 6.30. The Morgan fingerprint density at radius 2 is 1.93 bits per heavy atom. The monoisotopic (exact) mass is 388 g/mol. The fourth-order valence-electron chi connectivity index (χ4n) is 2.88. The van der Waals surface area contributed by atoms with Gasteiger partial charge in [-0.05, 0) is 37.1 Å². The van der Waals surface area contributed by atoms with Gasteiger partial charge in [-0.1, -0.05) is 54.4 Å². The number of carbonyl (C=O) groups excluding carboxylic acids is 2. The minimum Gasteiger partial charge on any atom is -0.484 e. The molecule has 0 spiro atoms. The van der Waals surface area contributed by atoms with Crippen LogP contribution in [-0.2, 0) is 16.1 Å². The molecule has 2 rings (SSSR count). The Morgan fingerprint density at radius 1 is 1.19 bits per heavy atom. The van der Waals surface area contributed by atoms with E-state index in [1.54, 1.807) is 36.2 Å². The molecule has 0 aliphatic rings. The molecule has 1 N–H and O–H groups in total. The Kier molecular flexibility index (Phi) is 7.67. The lowest BCUT2D eigenvalue weighted by Crippen LogP contribution is -2.49. The molecule has 144 valence electrons. The van der Waals surface area contributed by atoms with E-state index in [1.165, 1.54) is 0 Å². The first-order chi connectivity index (χ1) is 12.9. The maximum Gasteiger partial charge on any atom is 0.261 e. The van der Waals surface area contributed by atoms with Crippen molar-refractivity contribution in [1.82, 2.24) is 10.2 Å². The maximum atomic E-state index is 12.9. The van der Waals surface area contributed by atoms with Crippen molar-refractivity contribution in [2.75, 3.05) is 13.7 Å². The van der Waals surface area contributed by atoms with Gasteiger partial charge < -0.3 is 15.0 Å². The molecule has 27 heavy (non-hydrogen) atoms. The summed E-state index contributed by atoms with van der Waals surface area (Å²) in [6.07, 6.45) is 0.508. The molecule has 0 aliphatic heterocycles. The van der Waals surface area contributed by atoms with Gasteiger partial charge in [0.25, 0.3) is 5.91 Å². The van der Waals surface area contributed by atoms with Gasteiger partial charge in [0, 0.05) is 18.6 Å². The molecule has 0 saturated heterocycles. The van der Waals surface area contributed by atoms with Crippen LogP contribution in [0.2, 0.25) is 5.02 Å². The average molecular weight is 389 g/mol. The topological polar surface area (TPSA) is 58.6 Å². The molecule has 2 amide bonds. The second-order valence-electron chi connectivity index (χ2n) is 6.30. The van der Waals surface area contributed by atoms with E-state index in [-0.39, 0.29) is 18.4 Å². The number of likely N-dealkylation sites (N-methyl/N-ethyl adjacent to an activating group) is 1. The third kappa shape index (κ3) is 6.00. The van der Waals surface area contributed by atoms with Crippen LogP contribution >= 0.6 is 11.6 Å². The average Bonchev–Trinajstić information content (AvgIpc) is 2.65. The van der Waals surface area contributed by atoms with Gasteiger partial charge in [0.1, 0.15) is 11.8 Å². The SMILES string of the molecule is CC[C@H](C(=O)NC)N(Cc1cccc(C)c1)C(=O)COc1cccc(Cl)c1. The highest BCUT2D eigenvalue weighted by atomic mass is 35.5. The smallest absolute Gasteiger partial charge is 0.261 e. The largest absolute Gasteiger partial charge is 0.484 e. The highest BCUT2D eigenvalue weighted by Gasteiger charge is 2.28. The summed E-state index contributed by atoms with van der Waals surface area (Å²) in [6, 6.07) is 14.2. The summed E-state index contributed by atoms with van der Waals surface area (Å²) in [6.45, 7) is 4.05. The van der Waals surface area contributed by atoms with Gasteiger partial charge >= 0.3 is 0 Å². The molecule has 1 atom stereocenters. The zero-order chi connectivity index (χ0) is 19.8. The minimum atomic E-state index is -0.564. The van der Waals surface area contributed by atoms with Crippen molar-refractivity contribution in [3.63, 3.8) is 0 Å². The number of aryl methyl sites for hydroxylation is 1. The summed E-state index contributed by atoms with van der Waals surface area (Å²) in [5, 5.41) is 3.17. The Balaban J connectivity index is 2.18. The predicted molar refractivity (Wildman–Crippen MR) is 107 cm³/mol. The normalized spacial score (nSPS) is 11.6. The van der Waals surface area contributed by atoms with E-state index in [9.17, 15) is 9.59 Å². The van der Waals surface area contributed by atoms with E-state index < -0.39 is 6.04 Å². The summed E-state index contributed by atoms with van der Waals surface area (Å²) >= 11 is 5.95. The number of halogens is 1. The number of nitrogens with zero attached hydrogens (tertiary/aromatic N) is 1. The van der Waals surface area contributed by atoms with Crippen LogP contribution < -0.4 is 10.1 Å². The molecular weight excluding hydrogens is 364 g/mol. The minimum absolute atomic E-state index is 0.167. The van der Waals surface area contributed by atoms with Gasteiger partial charge in [-0.3, -0.25) is 9.59 Å². The van der Waals surface area contributed by atoms with Crippen molar-refractivity contribution in [2.45, 2.75) is 32.9 Å². The third-order valence-corrected chi connectivity index (χ3v) is 4.46. The molecule has 0 radical (unpaired) electrons. The zero-order valence-corrected chi connectivity index (χ0v) is 16.6. The fraction of sp³-hybridized carbons (Fsp3) is 0.333. The number of rotatable bonds is 8. The number of nitrogens with one attached hydrogen (secondary N) is 1. The van der Waals surface area contributed by atoms with Crippen LogP contribution in [0.4, 0.5) is 0 Å². The van der Waals surface area contributed by atoms with E-state index in [1.807, 2.05) is 38.1 Å². The van der Waals surface area contributed by atoms with Gasteiger partial charge in [-0.2, -0.15) is 0 Å². The summed E-state index contributed by atoms with van der Waals surface area (Å²) in [5.74, 6) is 0.0625. The second kappa shape index (κ2) is 9.97. The molecular formula is C21H25ClN2O3. The lowest BCUT2D eigenvalue weighted by Gasteiger charge is -2.30. The molecule has 2 aromatic rings. The molecule has 0 saturated carbocycles. The third-order valence-electron chi connectivity index (χ3n) is 4.23. The van der Waals surface area contributed by atoms with E-state index in [0.717, 1.165) is 11.1 Å². The molecule has 0 aliphatic carbocycles. The number of hydrogen-bond donors (Lipinski definition) is 1. The first-order valence-electron chi connectivity index (χ1n) is 8.89. The molecule has 0 aromatic heterocycles. The first kappa shape index (κ1) is 20.8. The maximum absolute atomic E-state index is 12.9. The van der Waals surface area contributed by atoms with E-state index >= 15 is 0 Å². The Morgan fingerprint density at radius 3 is 2.56 bits per heavy atom. The van der Waals surface area contributed by atoms with Crippen molar-refractivity contribution >= 4 is 23.4 Å². The van der Waals surface area contributed by atoms with Crippen LogP contribution in [-0.4, -0.2) is 36.4 Å². The van der Waals surface area contributed by atoms with Crippen molar-refractivity contribution in [1.29, 1.82) is 0 Å². The zero-order valence-electron chi connectivity index (χ0n) is 15.9. The van der Waals surface area contributed by atoms with E-state index in [2.05, 4.69) is 5.32 Å². The molecule has 5 nitrogen and oxygen atoms in total. The van der Waals surface area contributed by atoms with Gasteiger partial charge in [0.15, 0.2) is 6.61 Å². The molecule has 0 heterocycles. The predicted octanol–water partition coefficient (Wildman–Crippen LogP) is 3.58. The van der Waals surface area contributed by atoms with Crippen molar-refractivity contribution in [2.24, 2.45) is 0 Å². The quantitative estimate of drug-likeness (QED) is 0.751. The van der Waals surface area contributed by atoms with Gasteiger partial charge in [-0.25, -0.2) is 0 Å². The van der Waals surface area contributed by atoms with E-state index in [0.29, 0.717) is 23.7 Å². The van der Waals surface area contributed by atoms with Gasteiger partial charge in [0.2, 0.25) is 5.91 Å². The molecule has 0 fully saturated rings. The summed E-state index contributed by atoms with van der Waals surface area (Å²) in [7, 11) is 1.57. The Hall–Kier alpha value is -2.53. The number of amides is 2. The molecule has 2 aromatic carbocycles.